The van der Waals surface area contributed by atoms with Gasteiger partial charge < -0.3 is 4.74 Å². The van der Waals surface area contributed by atoms with Gasteiger partial charge in [-0.25, -0.2) is 9.50 Å². The maximum atomic E-state index is 5.87. The summed E-state index contributed by atoms with van der Waals surface area (Å²) in [6.45, 7) is 0. The van der Waals surface area contributed by atoms with Crippen molar-refractivity contribution >= 4 is 16.4 Å². The van der Waals surface area contributed by atoms with Crippen LogP contribution >= 0.6 is 0 Å². The Kier molecular flexibility index (Phi) is 2.65. The van der Waals surface area contributed by atoms with Crippen LogP contribution in [0.2, 0.25) is 0 Å². The van der Waals surface area contributed by atoms with Gasteiger partial charge in [0.05, 0.1) is 6.10 Å². The van der Waals surface area contributed by atoms with Gasteiger partial charge >= 0.3 is 0 Å². The summed E-state index contributed by atoms with van der Waals surface area (Å²) in [5.74, 6) is 1.62. The molecule has 0 amide bonds. The molecule has 4 heteroatoms. The number of ether oxygens (including phenoxy) is 1. The molecule has 2 heterocycles. The van der Waals surface area contributed by atoms with E-state index < -0.39 is 0 Å². The SMILES string of the molecule is c1cc(OC2CC2)cc(-c2nc3c4ccccc4ccn3n2)c1. The lowest BCUT2D eigenvalue weighted by Gasteiger charge is -2.04. The van der Waals surface area contributed by atoms with Gasteiger partial charge in [-0.05, 0) is 36.4 Å². The van der Waals surface area contributed by atoms with Crippen LogP contribution in [0.3, 0.4) is 0 Å². The zero-order valence-corrected chi connectivity index (χ0v) is 12.5. The molecule has 0 N–H and O–H groups in total. The lowest BCUT2D eigenvalue weighted by molar-refractivity contribution is 0.303. The summed E-state index contributed by atoms with van der Waals surface area (Å²) in [5.41, 5.74) is 1.86. The number of fused-ring (bicyclic) bond motifs is 3. The quantitative estimate of drug-likeness (QED) is 0.572. The summed E-state index contributed by atoms with van der Waals surface area (Å²) in [5, 5.41) is 6.90. The minimum absolute atomic E-state index is 0.392. The van der Waals surface area contributed by atoms with Crippen molar-refractivity contribution in [3.8, 4) is 17.1 Å². The highest BCUT2D eigenvalue weighted by molar-refractivity contribution is 5.94. The minimum atomic E-state index is 0.392. The van der Waals surface area contributed by atoms with Gasteiger partial charge in [-0.3, -0.25) is 0 Å². The number of benzene rings is 2. The van der Waals surface area contributed by atoms with Crippen molar-refractivity contribution in [3.05, 3.63) is 60.8 Å². The van der Waals surface area contributed by atoms with Crippen molar-refractivity contribution in [2.75, 3.05) is 0 Å². The molecule has 4 aromatic rings. The summed E-state index contributed by atoms with van der Waals surface area (Å²) in [4.78, 5) is 4.74. The van der Waals surface area contributed by atoms with Crippen LogP contribution in [0.5, 0.6) is 5.75 Å². The van der Waals surface area contributed by atoms with Crippen molar-refractivity contribution in [2.24, 2.45) is 0 Å². The van der Waals surface area contributed by atoms with E-state index in [9.17, 15) is 0 Å². The minimum Gasteiger partial charge on any atom is -0.490 e. The maximum Gasteiger partial charge on any atom is 0.182 e. The van der Waals surface area contributed by atoms with Gasteiger partial charge in [0.25, 0.3) is 0 Å². The molecule has 0 radical (unpaired) electrons. The number of nitrogens with zero attached hydrogens (tertiary/aromatic N) is 3. The summed E-state index contributed by atoms with van der Waals surface area (Å²) in [6, 6.07) is 18.3. The van der Waals surface area contributed by atoms with Crippen molar-refractivity contribution < 1.29 is 4.74 Å². The molecule has 4 nitrogen and oxygen atoms in total. The Morgan fingerprint density at radius 3 is 2.83 bits per heavy atom. The fraction of sp³-hybridized carbons (Fsp3) is 0.158. The molecular formula is C19H15N3O. The fourth-order valence-electron chi connectivity index (χ4n) is 2.82. The van der Waals surface area contributed by atoms with Crippen LogP contribution in [0.25, 0.3) is 27.8 Å². The molecule has 1 saturated carbocycles. The summed E-state index contributed by atoms with van der Waals surface area (Å²) >= 11 is 0. The third-order valence-corrected chi connectivity index (χ3v) is 4.15. The first-order valence-corrected chi connectivity index (χ1v) is 7.88. The first kappa shape index (κ1) is 12.6. The first-order chi connectivity index (χ1) is 11.4. The number of rotatable bonds is 3. The summed E-state index contributed by atoms with van der Waals surface area (Å²) in [7, 11) is 0. The van der Waals surface area contributed by atoms with Crippen molar-refractivity contribution in [1.82, 2.24) is 14.6 Å². The number of aromatic nitrogens is 3. The molecule has 2 aromatic carbocycles. The second kappa shape index (κ2) is 4.81. The molecule has 5 rings (SSSR count). The molecule has 0 aliphatic heterocycles. The monoisotopic (exact) mass is 301 g/mol. The first-order valence-electron chi connectivity index (χ1n) is 7.88. The van der Waals surface area contributed by atoms with Crippen LogP contribution in [0.1, 0.15) is 12.8 Å². The van der Waals surface area contributed by atoms with E-state index in [0.29, 0.717) is 6.10 Å². The number of hydrogen-bond donors (Lipinski definition) is 0. The molecule has 112 valence electrons. The molecular weight excluding hydrogens is 286 g/mol. The van der Waals surface area contributed by atoms with Crippen molar-refractivity contribution in [1.29, 1.82) is 0 Å². The van der Waals surface area contributed by atoms with Gasteiger partial charge in [-0.15, -0.1) is 5.10 Å². The highest BCUT2D eigenvalue weighted by Gasteiger charge is 2.23. The third kappa shape index (κ3) is 2.23. The van der Waals surface area contributed by atoms with E-state index in [0.717, 1.165) is 41.0 Å². The fourth-order valence-corrected chi connectivity index (χ4v) is 2.82. The molecule has 1 aliphatic carbocycles. The highest BCUT2D eigenvalue weighted by Crippen LogP contribution is 2.29. The number of hydrogen-bond acceptors (Lipinski definition) is 3. The second-order valence-corrected chi connectivity index (χ2v) is 5.95. The lowest BCUT2D eigenvalue weighted by Crippen LogP contribution is -1.95. The smallest absolute Gasteiger partial charge is 0.182 e. The van der Waals surface area contributed by atoms with E-state index in [1.54, 1.807) is 0 Å². The van der Waals surface area contributed by atoms with Crippen LogP contribution in [0.15, 0.2) is 60.8 Å². The van der Waals surface area contributed by atoms with Gasteiger partial charge in [-0.2, -0.15) is 0 Å². The summed E-state index contributed by atoms with van der Waals surface area (Å²) < 4.78 is 7.71. The lowest BCUT2D eigenvalue weighted by atomic mass is 10.2. The molecule has 0 bridgehead atoms. The van der Waals surface area contributed by atoms with Crippen LogP contribution in [-0.2, 0) is 0 Å². The standard InChI is InChI=1S/C19H15N3O/c1-2-7-17-13(4-1)10-11-22-19(17)20-18(21-22)14-5-3-6-16(12-14)23-15-8-9-15/h1-7,10-12,15H,8-9H2. The van der Waals surface area contributed by atoms with Crippen LogP contribution in [0.4, 0.5) is 0 Å². The van der Waals surface area contributed by atoms with E-state index >= 15 is 0 Å². The molecule has 1 fully saturated rings. The van der Waals surface area contributed by atoms with E-state index in [4.69, 9.17) is 9.72 Å². The normalized spacial score (nSPS) is 14.4. The average Bonchev–Trinajstić information content (AvgIpc) is 3.29. The van der Waals surface area contributed by atoms with Crippen LogP contribution in [-0.4, -0.2) is 20.7 Å². The number of pyridine rings is 1. The third-order valence-electron chi connectivity index (χ3n) is 4.15. The Hall–Kier alpha value is -2.88. The molecule has 0 spiro atoms. The predicted octanol–water partition coefficient (Wildman–Crippen LogP) is 4.09. The highest BCUT2D eigenvalue weighted by atomic mass is 16.5. The van der Waals surface area contributed by atoms with Gasteiger partial charge in [0.15, 0.2) is 11.5 Å². The van der Waals surface area contributed by atoms with Gasteiger partial charge in [-0.1, -0.05) is 36.4 Å². The zero-order valence-electron chi connectivity index (χ0n) is 12.5. The van der Waals surface area contributed by atoms with E-state index in [1.165, 1.54) is 5.39 Å². The van der Waals surface area contributed by atoms with E-state index in [2.05, 4.69) is 23.3 Å². The Morgan fingerprint density at radius 1 is 1.00 bits per heavy atom. The van der Waals surface area contributed by atoms with Gasteiger partial charge in [0.2, 0.25) is 0 Å². The predicted molar refractivity (Wildman–Crippen MR) is 89.6 cm³/mol. The van der Waals surface area contributed by atoms with Crippen molar-refractivity contribution in [2.45, 2.75) is 18.9 Å². The van der Waals surface area contributed by atoms with Gasteiger partial charge in [0, 0.05) is 17.1 Å². The molecule has 0 unspecified atom stereocenters. The van der Waals surface area contributed by atoms with Crippen molar-refractivity contribution in [3.63, 3.8) is 0 Å². The zero-order chi connectivity index (χ0) is 15.2. The molecule has 0 atom stereocenters. The second-order valence-electron chi connectivity index (χ2n) is 5.95. The maximum absolute atomic E-state index is 5.87. The Balaban J connectivity index is 1.63. The molecule has 1 aliphatic rings. The van der Waals surface area contributed by atoms with Crippen LogP contribution in [0, 0.1) is 0 Å². The molecule has 23 heavy (non-hydrogen) atoms. The Labute approximate surface area is 133 Å². The van der Waals surface area contributed by atoms with E-state index in [-0.39, 0.29) is 0 Å². The Morgan fingerprint density at radius 2 is 1.91 bits per heavy atom. The largest absolute Gasteiger partial charge is 0.490 e. The Bertz CT molecular complexity index is 1020. The average molecular weight is 301 g/mol. The molecule has 2 aromatic heterocycles. The van der Waals surface area contributed by atoms with E-state index in [1.807, 2.05) is 47.1 Å². The van der Waals surface area contributed by atoms with Gasteiger partial charge in [0.1, 0.15) is 5.75 Å². The topological polar surface area (TPSA) is 39.4 Å². The molecule has 0 saturated heterocycles. The van der Waals surface area contributed by atoms with Crippen LogP contribution < -0.4 is 4.74 Å². The summed E-state index contributed by atoms with van der Waals surface area (Å²) in [6.07, 6.45) is 4.66.